The molecule has 27 heavy (non-hydrogen) atoms. The summed E-state index contributed by atoms with van der Waals surface area (Å²) in [7, 11) is 1.55. The number of rotatable bonds is 6. The molecule has 1 amide bonds. The second-order valence-corrected chi connectivity index (χ2v) is 7.49. The molecule has 2 aromatic carbocycles. The van der Waals surface area contributed by atoms with Gasteiger partial charge in [-0.15, -0.1) is 0 Å². The number of carbonyl (C=O) groups is 2. The van der Waals surface area contributed by atoms with Crippen LogP contribution in [-0.4, -0.2) is 34.2 Å². The van der Waals surface area contributed by atoms with Gasteiger partial charge in [0.15, 0.2) is 0 Å². The Bertz CT molecular complexity index is 911. The Balaban J connectivity index is 1.90. The van der Waals surface area contributed by atoms with Gasteiger partial charge in [0.25, 0.3) is 5.91 Å². The van der Waals surface area contributed by atoms with E-state index in [1.54, 1.807) is 31.4 Å². The minimum absolute atomic E-state index is 0.123. The van der Waals surface area contributed by atoms with Crippen molar-refractivity contribution < 1.29 is 19.4 Å². The number of ether oxygens (including phenoxy) is 1. The molecule has 0 unspecified atom stereocenters. The topological polar surface area (TPSA) is 69.7 Å². The van der Waals surface area contributed by atoms with Crippen molar-refractivity contribution >= 4 is 46.3 Å². The number of amides is 1. The second kappa shape index (κ2) is 8.37. The van der Waals surface area contributed by atoms with Crippen LogP contribution in [-0.2, 0) is 16.0 Å². The van der Waals surface area contributed by atoms with E-state index in [1.165, 1.54) is 0 Å². The first-order chi connectivity index (χ1) is 13.0. The second-order valence-electron chi connectivity index (χ2n) is 5.82. The van der Waals surface area contributed by atoms with Crippen molar-refractivity contribution in [2.75, 3.05) is 7.11 Å². The van der Waals surface area contributed by atoms with Gasteiger partial charge in [0.2, 0.25) is 0 Å². The quantitative estimate of drug-likeness (QED) is 0.549. The number of para-hydroxylation sites is 1. The lowest BCUT2D eigenvalue weighted by Gasteiger charge is -2.27. The number of thiocarbonyl (C=S) groups is 1. The van der Waals surface area contributed by atoms with E-state index < -0.39 is 17.9 Å². The number of carboxylic acids is 1. The van der Waals surface area contributed by atoms with Gasteiger partial charge in [0.1, 0.15) is 10.1 Å². The van der Waals surface area contributed by atoms with Crippen LogP contribution in [0.15, 0.2) is 59.5 Å². The van der Waals surface area contributed by atoms with Crippen LogP contribution < -0.4 is 9.84 Å². The summed E-state index contributed by atoms with van der Waals surface area (Å²) in [6, 6.07) is 15.2. The van der Waals surface area contributed by atoms with Crippen molar-refractivity contribution in [2.24, 2.45) is 0 Å². The molecule has 7 heteroatoms. The first kappa shape index (κ1) is 19.1. The van der Waals surface area contributed by atoms with Gasteiger partial charge < -0.3 is 14.6 Å². The van der Waals surface area contributed by atoms with E-state index >= 15 is 0 Å². The molecule has 1 aliphatic heterocycles. The zero-order valence-corrected chi connectivity index (χ0v) is 16.1. The first-order valence-electron chi connectivity index (χ1n) is 8.16. The van der Waals surface area contributed by atoms with Gasteiger partial charge in [-0.25, -0.2) is 0 Å². The zero-order valence-electron chi connectivity index (χ0n) is 14.5. The third-order valence-corrected chi connectivity index (χ3v) is 5.44. The van der Waals surface area contributed by atoms with Gasteiger partial charge in [-0.3, -0.25) is 9.69 Å². The van der Waals surface area contributed by atoms with Crippen LogP contribution in [0, 0.1) is 0 Å². The fourth-order valence-electron chi connectivity index (χ4n) is 2.79. The molecule has 0 N–H and O–H groups in total. The molecule has 1 aliphatic rings. The Hall–Kier alpha value is -2.64. The smallest absolute Gasteiger partial charge is 0.266 e. The van der Waals surface area contributed by atoms with Gasteiger partial charge in [-0.1, -0.05) is 72.5 Å². The molecule has 3 rings (SSSR count). The first-order valence-corrected chi connectivity index (χ1v) is 9.38. The number of carbonyl (C=O) groups excluding carboxylic acids is 2. The number of nitrogens with zero attached hydrogens (tertiary/aromatic N) is 1. The van der Waals surface area contributed by atoms with Crippen LogP contribution >= 0.6 is 24.0 Å². The molecule has 0 aromatic heterocycles. The van der Waals surface area contributed by atoms with Crippen molar-refractivity contribution in [3.63, 3.8) is 0 Å². The highest BCUT2D eigenvalue weighted by Crippen LogP contribution is 2.35. The highest BCUT2D eigenvalue weighted by molar-refractivity contribution is 8.26. The van der Waals surface area contributed by atoms with E-state index in [0.29, 0.717) is 16.2 Å². The summed E-state index contributed by atoms with van der Waals surface area (Å²) in [5.41, 5.74) is 1.50. The number of carboxylic acid groups (broad SMARTS) is 1. The summed E-state index contributed by atoms with van der Waals surface area (Å²) >= 11 is 6.36. The number of thioether (sulfide) groups is 1. The van der Waals surface area contributed by atoms with Crippen molar-refractivity contribution in [1.29, 1.82) is 0 Å². The van der Waals surface area contributed by atoms with E-state index in [1.807, 2.05) is 36.4 Å². The Labute approximate surface area is 166 Å². The van der Waals surface area contributed by atoms with Gasteiger partial charge in [0, 0.05) is 5.56 Å². The SMILES string of the molecule is COc1ccccc1/C=C1/SC(=S)N([C@H](Cc2ccccc2)C(=O)[O-])C1=O. The summed E-state index contributed by atoms with van der Waals surface area (Å²) in [6.07, 6.45) is 1.78. The van der Waals surface area contributed by atoms with Crippen molar-refractivity contribution in [2.45, 2.75) is 12.5 Å². The summed E-state index contributed by atoms with van der Waals surface area (Å²) in [5, 5.41) is 11.7. The third-order valence-electron chi connectivity index (χ3n) is 4.10. The largest absolute Gasteiger partial charge is 0.548 e. The van der Waals surface area contributed by atoms with Gasteiger partial charge in [-0.2, -0.15) is 0 Å². The van der Waals surface area contributed by atoms with Crippen molar-refractivity contribution in [3.05, 3.63) is 70.6 Å². The van der Waals surface area contributed by atoms with Crippen LogP contribution in [0.4, 0.5) is 0 Å². The predicted octanol–water partition coefficient (Wildman–Crippen LogP) is 2.26. The molecule has 0 bridgehead atoms. The number of benzene rings is 2. The van der Waals surface area contributed by atoms with E-state index in [9.17, 15) is 14.7 Å². The summed E-state index contributed by atoms with van der Waals surface area (Å²) < 4.78 is 5.49. The minimum atomic E-state index is -1.34. The minimum Gasteiger partial charge on any atom is -0.548 e. The van der Waals surface area contributed by atoms with Gasteiger partial charge in [-0.05, 0) is 24.1 Å². The summed E-state index contributed by atoms with van der Waals surface area (Å²) in [6.45, 7) is 0. The molecule has 1 fully saturated rings. The lowest BCUT2D eigenvalue weighted by molar-refractivity contribution is -0.310. The molecular formula is C20H16NO4S2-. The van der Waals surface area contributed by atoms with Crippen LogP contribution in [0.3, 0.4) is 0 Å². The molecule has 138 valence electrons. The van der Waals surface area contributed by atoms with Gasteiger partial charge in [0.05, 0.1) is 24.0 Å². The molecule has 0 saturated carbocycles. The van der Waals surface area contributed by atoms with E-state index in [4.69, 9.17) is 17.0 Å². The standard InChI is InChI=1S/C20H17NO4S2/c1-25-16-10-6-5-9-14(16)12-17-18(22)21(20(26)27-17)15(19(23)24)11-13-7-3-2-4-8-13/h2-10,12,15H,11H2,1H3,(H,23,24)/p-1/b17-12+/t15-/m1/s1. The maximum absolute atomic E-state index is 12.9. The average molecular weight is 398 g/mol. The molecule has 2 aromatic rings. The molecule has 5 nitrogen and oxygen atoms in total. The third kappa shape index (κ3) is 4.20. The van der Waals surface area contributed by atoms with Crippen LogP contribution in [0.1, 0.15) is 11.1 Å². The average Bonchev–Trinajstić information content (AvgIpc) is 2.94. The molecule has 1 atom stereocenters. The van der Waals surface area contributed by atoms with E-state index in [-0.39, 0.29) is 10.7 Å². The fraction of sp³-hybridized carbons (Fsp3) is 0.150. The Morgan fingerprint density at radius 2 is 1.89 bits per heavy atom. The number of hydrogen-bond donors (Lipinski definition) is 0. The van der Waals surface area contributed by atoms with Crippen molar-refractivity contribution in [1.82, 2.24) is 4.90 Å². The highest BCUT2D eigenvalue weighted by Gasteiger charge is 2.37. The lowest BCUT2D eigenvalue weighted by atomic mass is 10.0. The lowest BCUT2D eigenvalue weighted by Crippen LogP contribution is -2.51. The molecule has 0 aliphatic carbocycles. The number of hydrogen-bond acceptors (Lipinski definition) is 6. The highest BCUT2D eigenvalue weighted by atomic mass is 32.2. The monoisotopic (exact) mass is 398 g/mol. The Morgan fingerprint density at radius 1 is 1.22 bits per heavy atom. The summed E-state index contributed by atoms with van der Waals surface area (Å²) in [5.74, 6) is -1.17. The van der Waals surface area contributed by atoms with Crippen LogP contribution in [0.25, 0.3) is 6.08 Å². The van der Waals surface area contributed by atoms with Gasteiger partial charge >= 0.3 is 0 Å². The van der Waals surface area contributed by atoms with E-state index in [2.05, 4.69) is 0 Å². The van der Waals surface area contributed by atoms with Crippen molar-refractivity contribution in [3.8, 4) is 5.75 Å². The Morgan fingerprint density at radius 3 is 2.56 bits per heavy atom. The fourth-order valence-corrected chi connectivity index (χ4v) is 4.14. The maximum atomic E-state index is 12.9. The molecule has 1 heterocycles. The molecule has 1 saturated heterocycles. The Kier molecular flexibility index (Phi) is 5.93. The molecule has 0 spiro atoms. The molecular weight excluding hydrogens is 382 g/mol. The maximum Gasteiger partial charge on any atom is 0.266 e. The summed E-state index contributed by atoms with van der Waals surface area (Å²) in [4.78, 5) is 26.1. The van der Waals surface area contributed by atoms with E-state index in [0.717, 1.165) is 22.2 Å². The van der Waals surface area contributed by atoms with Crippen LogP contribution in [0.5, 0.6) is 5.75 Å². The predicted molar refractivity (Wildman–Crippen MR) is 107 cm³/mol. The normalized spacial score (nSPS) is 16.6. The zero-order chi connectivity index (χ0) is 19.4. The number of aliphatic carboxylic acids is 1. The molecule has 0 radical (unpaired) electrons. The number of methoxy groups -OCH3 is 1. The van der Waals surface area contributed by atoms with Crippen LogP contribution in [0.2, 0.25) is 0 Å².